The maximum absolute atomic E-state index is 11.1. The minimum Gasteiger partial charge on any atom is -0.478 e. The first kappa shape index (κ1) is 8.00. The molecule has 0 radical (unpaired) electrons. The largest absolute Gasteiger partial charge is 0.478 e. The average Bonchev–Trinajstić information content (AvgIpc) is 2.47. The number of hydrogen-bond acceptors (Lipinski definition) is 3. The van der Waals surface area contributed by atoms with Crippen LogP contribution < -0.4 is 5.56 Å². The Labute approximate surface area is 76.6 Å². The van der Waals surface area contributed by atoms with Crippen LogP contribution >= 0.6 is 11.5 Å². The number of nitrogens with one attached hydrogen (secondary N) is 1. The molecule has 1 aromatic heterocycles. The number of benzene rings is 1. The predicted molar refractivity (Wildman–Crippen MR) is 49.4 cm³/mol. The molecule has 0 aliphatic carbocycles. The fraction of sp³-hybridized carbons (Fsp3) is 0. The summed E-state index contributed by atoms with van der Waals surface area (Å²) in [7, 11) is 0. The summed E-state index contributed by atoms with van der Waals surface area (Å²) in [5.74, 6) is -1.02. The molecule has 0 aliphatic heterocycles. The van der Waals surface area contributed by atoms with E-state index in [0.717, 1.165) is 4.70 Å². The van der Waals surface area contributed by atoms with Gasteiger partial charge in [0.05, 0.1) is 15.6 Å². The molecular formula is C8H5NO3S. The molecule has 0 saturated heterocycles. The highest BCUT2D eigenvalue weighted by Gasteiger charge is 2.06. The van der Waals surface area contributed by atoms with Crippen LogP contribution in [0.25, 0.3) is 10.1 Å². The molecule has 0 atom stereocenters. The fourth-order valence-electron chi connectivity index (χ4n) is 1.09. The van der Waals surface area contributed by atoms with E-state index in [-0.39, 0.29) is 11.1 Å². The molecule has 1 heterocycles. The summed E-state index contributed by atoms with van der Waals surface area (Å²) in [5, 5.41) is 9.10. The molecule has 66 valence electrons. The zero-order valence-corrected chi connectivity index (χ0v) is 7.22. The van der Waals surface area contributed by atoms with Crippen molar-refractivity contribution in [1.82, 2.24) is 4.37 Å². The first-order valence-corrected chi connectivity index (χ1v) is 4.34. The molecule has 0 fully saturated rings. The second-order valence-electron chi connectivity index (χ2n) is 2.55. The molecule has 0 spiro atoms. The van der Waals surface area contributed by atoms with Crippen LogP contribution in [0.2, 0.25) is 0 Å². The van der Waals surface area contributed by atoms with Crippen molar-refractivity contribution in [3.8, 4) is 0 Å². The van der Waals surface area contributed by atoms with Crippen molar-refractivity contribution in [3.63, 3.8) is 0 Å². The Morgan fingerprint density at radius 3 is 2.92 bits per heavy atom. The highest BCUT2D eigenvalue weighted by atomic mass is 32.1. The number of carboxylic acids is 1. The Balaban J connectivity index is 2.80. The van der Waals surface area contributed by atoms with Gasteiger partial charge in [-0.3, -0.25) is 9.17 Å². The van der Waals surface area contributed by atoms with Gasteiger partial charge in [-0.25, -0.2) is 4.79 Å². The second kappa shape index (κ2) is 2.70. The molecule has 0 bridgehead atoms. The Morgan fingerprint density at radius 1 is 1.46 bits per heavy atom. The van der Waals surface area contributed by atoms with Crippen LogP contribution in [0.1, 0.15) is 10.4 Å². The summed E-state index contributed by atoms with van der Waals surface area (Å²) < 4.78 is 3.31. The van der Waals surface area contributed by atoms with E-state index in [0.29, 0.717) is 5.39 Å². The van der Waals surface area contributed by atoms with Crippen molar-refractivity contribution in [2.24, 2.45) is 0 Å². The lowest BCUT2D eigenvalue weighted by atomic mass is 10.2. The number of aromatic amines is 1. The third-order valence-corrected chi connectivity index (χ3v) is 2.59. The topological polar surface area (TPSA) is 70.2 Å². The van der Waals surface area contributed by atoms with Gasteiger partial charge < -0.3 is 5.11 Å². The molecule has 0 saturated carbocycles. The fourth-order valence-corrected chi connectivity index (χ4v) is 1.80. The molecule has 5 heteroatoms. The molecule has 0 amide bonds. The Hall–Kier alpha value is -1.62. The lowest BCUT2D eigenvalue weighted by Crippen LogP contribution is -2.00. The van der Waals surface area contributed by atoms with Crippen molar-refractivity contribution < 1.29 is 9.90 Å². The number of aromatic carboxylic acids is 1. The van der Waals surface area contributed by atoms with Crippen molar-refractivity contribution >= 4 is 27.6 Å². The van der Waals surface area contributed by atoms with Gasteiger partial charge in [-0.2, -0.15) is 0 Å². The Kier molecular flexibility index (Phi) is 1.66. The van der Waals surface area contributed by atoms with Gasteiger partial charge in [-0.05, 0) is 18.2 Å². The van der Waals surface area contributed by atoms with Crippen LogP contribution in [-0.2, 0) is 0 Å². The first-order chi connectivity index (χ1) is 6.18. The van der Waals surface area contributed by atoms with Gasteiger partial charge in [-0.15, -0.1) is 0 Å². The van der Waals surface area contributed by atoms with Gasteiger partial charge in [0, 0.05) is 0 Å². The van der Waals surface area contributed by atoms with Gasteiger partial charge >= 0.3 is 5.97 Å². The van der Waals surface area contributed by atoms with Crippen LogP contribution in [0, 0.1) is 0 Å². The summed E-state index contributed by atoms with van der Waals surface area (Å²) in [6.45, 7) is 0. The third kappa shape index (κ3) is 1.23. The molecule has 0 unspecified atom stereocenters. The summed E-state index contributed by atoms with van der Waals surface area (Å²) in [5.41, 5.74) is -0.0977. The molecule has 2 N–H and O–H groups in total. The minimum absolute atomic E-state index is 0.136. The Bertz CT molecular complexity index is 525. The molecule has 1 aromatic carbocycles. The summed E-state index contributed by atoms with van der Waals surface area (Å²) >= 11 is 1.20. The van der Waals surface area contributed by atoms with Gasteiger partial charge in [0.15, 0.2) is 0 Å². The molecule has 0 aliphatic rings. The quantitative estimate of drug-likeness (QED) is 0.720. The number of fused-ring (bicyclic) bond motifs is 1. The summed E-state index contributed by atoms with van der Waals surface area (Å²) in [4.78, 5) is 21.7. The molecule has 2 aromatic rings. The van der Waals surface area contributed by atoms with Gasteiger partial charge in [0.25, 0.3) is 5.56 Å². The number of rotatable bonds is 1. The van der Waals surface area contributed by atoms with Crippen molar-refractivity contribution in [2.75, 3.05) is 0 Å². The highest BCUT2D eigenvalue weighted by Crippen LogP contribution is 2.15. The molecule has 4 nitrogen and oxygen atoms in total. The average molecular weight is 195 g/mol. The van der Waals surface area contributed by atoms with Gasteiger partial charge in [-0.1, -0.05) is 11.5 Å². The second-order valence-corrected chi connectivity index (χ2v) is 3.40. The van der Waals surface area contributed by atoms with Crippen LogP contribution in [0.4, 0.5) is 0 Å². The molecular weight excluding hydrogens is 190 g/mol. The SMILES string of the molecule is O=C(O)c1ccc2s[nH]c(=O)c2c1. The zero-order chi connectivity index (χ0) is 9.42. The monoisotopic (exact) mass is 195 g/mol. The van der Waals surface area contributed by atoms with E-state index >= 15 is 0 Å². The summed E-state index contributed by atoms with van der Waals surface area (Å²) in [6.07, 6.45) is 0. The van der Waals surface area contributed by atoms with E-state index in [1.165, 1.54) is 23.7 Å². The van der Waals surface area contributed by atoms with Gasteiger partial charge in [0.2, 0.25) is 0 Å². The molecule has 13 heavy (non-hydrogen) atoms. The van der Waals surface area contributed by atoms with E-state index in [4.69, 9.17) is 5.11 Å². The van der Waals surface area contributed by atoms with Crippen LogP contribution in [-0.4, -0.2) is 15.4 Å². The minimum atomic E-state index is -1.02. The van der Waals surface area contributed by atoms with E-state index in [2.05, 4.69) is 4.37 Å². The van der Waals surface area contributed by atoms with Crippen molar-refractivity contribution in [1.29, 1.82) is 0 Å². The number of hydrogen-bond donors (Lipinski definition) is 2. The van der Waals surface area contributed by atoms with E-state index in [1.54, 1.807) is 6.07 Å². The molecule has 2 rings (SSSR count). The number of carboxylic acid groups (broad SMARTS) is 1. The van der Waals surface area contributed by atoms with Gasteiger partial charge in [0.1, 0.15) is 0 Å². The maximum atomic E-state index is 11.1. The standard InChI is InChI=1S/C8H5NO3S/c10-7-5-3-4(8(11)12)1-2-6(5)13-9-7/h1-3H,(H,9,10)(H,11,12). The lowest BCUT2D eigenvalue weighted by molar-refractivity contribution is 0.0697. The smallest absolute Gasteiger partial charge is 0.335 e. The zero-order valence-electron chi connectivity index (χ0n) is 6.40. The summed E-state index contributed by atoms with van der Waals surface area (Å²) in [6, 6.07) is 4.49. The van der Waals surface area contributed by atoms with E-state index in [9.17, 15) is 9.59 Å². The number of H-pyrrole nitrogens is 1. The van der Waals surface area contributed by atoms with Crippen LogP contribution in [0.3, 0.4) is 0 Å². The van der Waals surface area contributed by atoms with E-state index < -0.39 is 5.97 Å². The Morgan fingerprint density at radius 2 is 2.23 bits per heavy atom. The van der Waals surface area contributed by atoms with Crippen LogP contribution in [0.5, 0.6) is 0 Å². The van der Waals surface area contributed by atoms with Crippen LogP contribution in [0.15, 0.2) is 23.0 Å². The highest BCUT2D eigenvalue weighted by molar-refractivity contribution is 7.13. The van der Waals surface area contributed by atoms with E-state index in [1.807, 2.05) is 0 Å². The number of aromatic nitrogens is 1. The number of carbonyl (C=O) groups is 1. The predicted octanol–water partition coefficient (Wildman–Crippen LogP) is 1.29. The normalized spacial score (nSPS) is 10.5. The first-order valence-electron chi connectivity index (χ1n) is 3.53. The maximum Gasteiger partial charge on any atom is 0.335 e. The van der Waals surface area contributed by atoms with Crippen molar-refractivity contribution in [2.45, 2.75) is 0 Å². The third-order valence-electron chi connectivity index (χ3n) is 1.72. The van der Waals surface area contributed by atoms with Crippen molar-refractivity contribution in [3.05, 3.63) is 34.1 Å². The lowest BCUT2D eigenvalue weighted by Gasteiger charge is -1.91.